The Balaban J connectivity index is 2.37. The van der Waals surface area contributed by atoms with E-state index in [0.717, 1.165) is 27.0 Å². The minimum atomic E-state index is 0.133. The van der Waals surface area contributed by atoms with Crippen LogP contribution in [0, 0.1) is 13.8 Å². The average molecular weight is 356 g/mol. The summed E-state index contributed by atoms with van der Waals surface area (Å²) in [6.07, 6.45) is 0.492. The summed E-state index contributed by atoms with van der Waals surface area (Å²) in [6.45, 7) is 6.23. The summed E-state index contributed by atoms with van der Waals surface area (Å²) >= 11 is 9.62. The minimum Gasteiger partial charge on any atom is -0.294 e. The highest BCUT2D eigenvalue weighted by molar-refractivity contribution is 9.10. The van der Waals surface area contributed by atoms with Crippen molar-refractivity contribution in [2.45, 2.75) is 33.7 Å². The zero-order valence-corrected chi connectivity index (χ0v) is 14.0. The third-order valence-corrected chi connectivity index (χ3v) is 4.16. The molecule has 1 aromatic heterocycles. The van der Waals surface area contributed by atoms with Crippen LogP contribution in [0.3, 0.4) is 0 Å². The van der Waals surface area contributed by atoms with Crippen LogP contribution in [0.25, 0.3) is 0 Å². The van der Waals surface area contributed by atoms with E-state index >= 15 is 0 Å². The molecule has 0 unspecified atom stereocenters. The van der Waals surface area contributed by atoms with Crippen LogP contribution in [0.2, 0.25) is 5.02 Å². The Bertz CT molecular complexity index is 664. The van der Waals surface area contributed by atoms with Crippen molar-refractivity contribution >= 4 is 33.3 Å². The molecule has 1 aromatic carbocycles. The number of Topliss-reactive ketones (excluding diaryl/α,β-unsaturated/α-hetero) is 1. The van der Waals surface area contributed by atoms with Crippen molar-refractivity contribution in [3.8, 4) is 0 Å². The lowest BCUT2D eigenvalue weighted by atomic mass is 10.1. The first kappa shape index (κ1) is 15.3. The number of nitrogens with zero attached hydrogens (tertiary/aromatic N) is 2. The second kappa shape index (κ2) is 6.10. The fourth-order valence-corrected chi connectivity index (χ4v) is 2.98. The second-order valence-electron chi connectivity index (χ2n) is 4.72. The van der Waals surface area contributed by atoms with Crippen molar-refractivity contribution in [3.05, 3.63) is 50.2 Å². The van der Waals surface area contributed by atoms with E-state index in [0.29, 0.717) is 18.0 Å². The molecule has 2 rings (SSSR count). The van der Waals surface area contributed by atoms with Crippen LogP contribution in [-0.4, -0.2) is 15.6 Å². The average Bonchev–Trinajstić information content (AvgIpc) is 2.67. The van der Waals surface area contributed by atoms with Gasteiger partial charge in [-0.1, -0.05) is 40.5 Å². The smallest absolute Gasteiger partial charge is 0.166 e. The Labute approximate surface area is 132 Å². The summed E-state index contributed by atoms with van der Waals surface area (Å²) in [5.74, 6) is 0.133. The number of benzene rings is 1. The molecule has 0 aliphatic carbocycles. The molecule has 0 atom stereocenters. The van der Waals surface area contributed by atoms with Gasteiger partial charge in [-0.05, 0) is 31.5 Å². The van der Waals surface area contributed by atoms with Gasteiger partial charge in [-0.2, -0.15) is 5.10 Å². The fraction of sp³-hybridized carbons (Fsp3) is 0.333. The van der Waals surface area contributed by atoms with Crippen LogP contribution in [0.5, 0.6) is 0 Å². The number of halogens is 2. The summed E-state index contributed by atoms with van der Waals surface area (Å²) in [6, 6.07) is 5.77. The number of rotatable bonds is 4. The first-order valence-electron chi connectivity index (χ1n) is 6.45. The zero-order chi connectivity index (χ0) is 14.9. The molecule has 0 N–H and O–H groups in total. The number of aryl methyl sites for hydroxylation is 1. The monoisotopic (exact) mass is 354 g/mol. The van der Waals surface area contributed by atoms with E-state index in [1.165, 1.54) is 0 Å². The molecule has 0 spiro atoms. The molecule has 0 amide bonds. The fourth-order valence-electron chi connectivity index (χ4n) is 2.24. The van der Waals surface area contributed by atoms with Crippen LogP contribution < -0.4 is 0 Å². The highest BCUT2D eigenvalue weighted by Gasteiger charge is 2.17. The lowest BCUT2D eigenvalue weighted by Gasteiger charge is -2.07. The number of ketones is 1. The van der Waals surface area contributed by atoms with Gasteiger partial charge in [0.25, 0.3) is 0 Å². The standard InChI is InChI=1S/C15H16BrClN2O/c1-4-14(20)15-9(2)18-19(10(15)3)8-11-5-6-12(16)7-13(11)17/h5-7H,4,8H2,1-3H3. The van der Waals surface area contributed by atoms with Crippen molar-refractivity contribution in [1.29, 1.82) is 0 Å². The predicted molar refractivity (Wildman–Crippen MR) is 84.6 cm³/mol. The van der Waals surface area contributed by atoms with Crippen molar-refractivity contribution in [2.75, 3.05) is 0 Å². The maximum atomic E-state index is 11.9. The normalized spacial score (nSPS) is 10.8. The van der Waals surface area contributed by atoms with Gasteiger partial charge >= 0.3 is 0 Å². The Kier molecular flexibility index (Phi) is 4.66. The van der Waals surface area contributed by atoms with Gasteiger partial charge in [-0.15, -0.1) is 0 Å². The third kappa shape index (κ3) is 2.96. The highest BCUT2D eigenvalue weighted by Crippen LogP contribution is 2.23. The molecule has 0 saturated carbocycles. The van der Waals surface area contributed by atoms with Gasteiger partial charge < -0.3 is 0 Å². The maximum Gasteiger partial charge on any atom is 0.166 e. The van der Waals surface area contributed by atoms with E-state index in [-0.39, 0.29) is 5.78 Å². The molecule has 0 bridgehead atoms. The Hall–Kier alpha value is -1.13. The van der Waals surface area contributed by atoms with Crippen LogP contribution in [-0.2, 0) is 6.54 Å². The SMILES string of the molecule is CCC(=O)c1c(C)nn(Cc2ccc(Br)cc2Cl)c1C. The van der Waals surface area contributed by atoms with Gasteiger partial charge in [0.2, 0.25) is 0 Å². The van der Waals surface area contributed by atoms with Crippen LogP contribution in [0.1, 0.15) is 40.7 Å². The van der Waals surface area contributed by atoms with E-state index in [1.807, 2.05) is 43.7 Å². The number of hydrogen-bond acceptors (Lipinski definition) is 2. The molecule has 106 valence electrons. The Morgan fingerprint density at radius 2 is 2.10 bits per heavy atom. The molecular formula is C15H16BrClN2O. The van der Waals surface area contributed by atoms with E-state index in [1.54, 1.807) is 0 Å². The number of aromatic nitrogens is 2. The Morgan fingerprint density at radius 3 is 2.70 bits per heavy atom. The number of carbonyl (C=O) groups excluding carboxylic acids is 1. The van der Waals surface area contributed by atoms with E-state index in [9.17, 15) is 4.79 Å². The van der Waals surface area contributed by atoms with Crippen LogP contribution in [0.4, 0.5) is 0 Å². The van der Waals surface area contributed by atoms with Gasteiger partial charge in [0, 0.05) is 21.6 Å². The maximum absolute atomic E-state index is 11.9. The quantitative estimate of drug-likeness (QED) is 0.754. The molecular weight excluding hydrogens is 340 g/mol. The van der Waals surface area contributed by atoms with Crippen molar-refractivity contribution in [3.63, 3.8) is 0 Å². The molecule has 1 heterocycles. The first-order valence-corrected chi connectivity index (χ1v) is 7.62. The molecule has 0 fully saturated rings. The van der Waals surface area contributed by atoms with Crippen molar-refractivity contribution < 1.29 is 4.79 Å². The topological polar surface area (TPSA) is 34.9 Å². The zero-order valence-electron chi connectivity index (χ0n) is 11.7. The molecule has 2 aromatic rings. The highest BCUT2D eigenvalue weighted by atomic mass is 79.9. The summed E-state index contributed by atoms with van der Waals surface area (Å²) in [7, 11) is 0. The summed E-state index contributed by atoms with van der Waals surface area (Å²) in [5, 5.41) is 5.15. The summed E-state index contributed by atoms with van der Waals surface area (Å²) < 4.78 is 2.79. The third-order valence-electron chi connectivity index (χ3n) is 3.32. The van der Waals surface area contributed by atoms with Crippen LogP contribution >= 0.6 is 27.5 Å². The molecule has 3 nitrogen and oxygen atoms in total. The van der Waals surface area contributed by atoms with Crippen LogP contribution in [0.15, 0.2) is 22.7 Å². The number of carbonyl (C=O) groups is 1. The predicted octanol–water partition coefficient (Wildman–Crippen LogP) is 4.56. The van der Waals surface area contributed by atoms with Gasteiger partial charge in [-0.3, -0.25) is 9.48 Å². The molecule has 5 heteroatoms. The van der Waals surface area contributed by atoms with E-state index in [4.69, 9.17) is 11.6 Å². The second-order valence-corrected chi connectivity index (χ2v) is 6.04. The number of hydrogen-bond donors (Lipinski definition) is 0. The summed E-state index contributed by atoms with van der Waals surface area (Å²) in [5.41, 5.74) is 3.40. The molecule has 0 saturated heterocycles. The van der Waals surface area contributed by atoms with Gasteiger partial charge in [0.15, 0.2) is 5.78 Å². The lowest BCUT2D eigenvalue weighted by Crippen LogP contribution is -2.06. The van der Waals surface area contributed by atoms with Gasteiger partial charge in [-0.25, -0.2) is 0 Å². The van der Waals surface area contributed by atoms with E-state index < -0.39 is 0 Å². The molecule has 20 heavy (non-hydrogen) atoms. The molecule has 0 aliphatic heterocycles. The molecule has 0 aliphatic rings. The van der Waals surface area contributed by atoms with Gasteiger partial charge in [0.05, 0.1) is 17.8 Å². The first-order chi connectivity index (χ1) is 9.43. The largest absolute Gasteiger partial charge is 0.294 e. The van der Waals surface area contributed by atoms with Crippen molar-refractivity contribution in [2.24, 2.45) is 0 Å². The summed E-state index contributed by atoms with van der Waals surface area (Å²) in [4.78, 5) is 11.9. The molecule has 0 radical (unpaired) electrons. The van der Waals surface area contributed by atoms with E-state index in [2.05, 4.69) is 21.0 Å². The van der Waals surface area contributed by atoms with Crippen molar-refractivity contribution in [1.82, 2.24) is 9.78 Å². The minimum absolute atomic E-state index is 0.133. The Morgan fingerprint density at radius 1 is 1.40 bits per heavy atom. The van der Waals surface area contributed by atoms with Gasteiger partial charge in [0.1, 0.15) is 0 Å². The lowest BCUT2D eigenvalue weighted by molar-refractivity contribution is 0.0987.